The van der Waals surface area contributed by atoms with Crippen LogP contribution >= 0.6 is 0 Å². The molecule has 0 saturated carbocycles. The predicted molar refractivity (Wildman–Crippen MR) is 89.1 cm³/mol. The lowest BCUT2D eigenvalue weighted by Gasteiger charge is -2.30. The molecule has 0 N–H and O–H groups in total. The summed E-state index contributed by atoms with van der Waals surface area (Å²) in [5.74, 6) is -0.318. The van der Waals surface area contributed by atoms with E-state index < -0.39 is 5.60 Å². The van der Waals surface area contributed by atoms with Gasteiger partial charge in [-0.15, -0.1) is 0 Å². The number of hydrogen-bond acceptors (Lipinski definition) is 4. The zero-order chi connectivity index (χ0) is 16.2. The molecule has 0 bridgehead atoms. The molecular weight excluding hydrogens is 278 g/mol. The maximum atomic E-state index is 11.9. The third kappa shape index (κ3) is 4.88. The second-order valence-corrected chi connectivity index (χ2v) is 6.53. The smallest absolute Gasteiger partial charge is 0.331 e. The Bertz CT molecular complexity index is 552. The number of ether oxygens (including phenoxy) is 2. The van der Waals surface area contributed by atoms with E-state index in [-0.39, 0.29) is 5.97 Å². The topological polar surface area (TPSA) is 38.8 Å². The lowest BCUT2D eigenvalue weighted by Crippen LogP contribution is -2.36. The van der Waals surface area contributed by atoms with E-state index in [4.69, 9.17) is 9.47 Å². The lowest BCUT2D eigenvalue weighted by molar-refractivity contribution is -0.148. The Labute approximate surface area is 132 Å². The van der Waals surface area contributed by atoms with Gasteiger partial charge in [0.1, 0.15) is 5.60 Å². The van der Waals surface area contributed by atoms with Gasteiger partial charge in [-0.25, -0.2) is 4.79 Å². The SMILES string of the molecule is Cc1ccc(N2CCOCC2)c(/C=C/C(=O)OC(C)(C)C)c1. The zero-order valence-electron chi connectivity index (χ0n) is 13.9. The minimum Gasteiger partial charge on any atom is -0.457 e. The normalized spacial score (nSPS) is 16.1. The Hall–Kier alpha value is -1.81. The Kier molecular flexibility index (Phi) is 5.24. The zero-order valence-corrected chi connectivity index (χ0v) is 13.9. The quantitative estimate of drug-likeness (QED) is 0.635. The fourth-order valence-corrected chi connectivity index (χ4v) is 2.39. The van der Waals surface area contributed by atoms with Crippen molar-refractivity contribution in [3.63, 3.8) is 0 Å². The van der Waals surface area contributed by atoms with Crippen molar-refractivity contribution in [2.75, 3.05) is 31.2 Å². The average molecular weight is 303 g/mol. The van der Waals surface area contributed by atoms with Crippen LogP contribution in [0.2, 0.25) is 0 Å². The van der Waals surface area contributed by atoms with Crippen LogP contribution in [0.1, 0.15) is 31.9 Å². The summed E-state index contributed by atoms with van der Waals surface area (Å²) in [6, 6.07) is 6.29. The second kappa shape index (κ2) is 6.97. The van der Waals surface area contributed by atoms with Crippen LogP contribution in [0.25, 0.3) is 6.08 Å². The van der Waals surface area contributed by atoms with Gasteiger partial charge in [-0.3, -0.25) is 0 Å². The second-order valence-electron chi connectivity index (χ2n) is 6.53. The van der Waals surface area contributed by atoms with Crippen molar-refractivity contribution in [2.45, 2.75) is 33.3 Å². The molecule has 1 aromatic rings. The molecule has 0 unspecified atom stereocenters. The van der Waals surface area contributed by atoms with Crippen molar-refractivity contribution in [1.82, 2.24) is 0 Å². The number of anilines is 1. The molecule has 0 amide bonds. The van der Waals surface area contributed by atoms with Crippen molar-refractivity contribution < 1.29 is 14.3 Å². The molecule has 1 heterocycles. The van der Waals surface area contributed by atoms with Gasteiger partial charge in [-0.1, -0.05) is 11.6 Å². The highest BCUT2D eigenvalue weighted by Gasteiger charge is 2.16. The molecule has 0 aliphatic carbocycles. The predicted octanol–water partition coefficient (Wildman–Crippen LogP) is 3.19. The largest absolute Gasteiger partial charge is 0.457 e. The number of aryl methyl sites for hydroxylation is 1. The standard InChI is InChI=1S/C18H25NO3/c1-14-5-7-16(19-9-11-21-12-10-19)15(13-14)6-8-17(20)22-18(2,3)4/h5-8,13H,9-12H2,1-4H3/b8-6+. The fourth-order valence-electron chi connectivity index (χ4n) is 2.39. The van der Waals surface area contributed by atoms with E-state index in [0.29, 0.717) is 0 Å². The molecule has 4 nitrogen and oxygen atoms in total. The summed E-state index contributed by atoms with van der Waals surface area (Å²) >= 11 is 0. The average Bonchev–Trinajstić information content (AvgIpc) is 2.44. The highest BCUT2D eigenvalue weighted by Crippen LogP contribution is 2.24. The van der Waals surface area contributed by atoms with Gasteiger partial charge in [0.25, 0.3) is 0 Å². The lowest BCUT2D eigenvalue weighted by atomic mass is 10.1. The summed E-state index contributed by atoms with van der Waals surface area (Å²) in [5.41, 5.74) is 2.86. The number of hydrogen-bond donors (Lipinski definition) is 0. The molecule has 0 radical (unpaired) electrons. The van der Waals surface area contributed by atoms with E-state index >= 15 is 0 Å². The fraction of sp³-hybridized carbons (Fsp3) is 0.500. The van der Waals surface area contributed by atoms with Gasteiger partial charge in [0.2, 0.25) is 0 Å². The van der Waals surface area contributed by atoms with Gasteiger partial charge in [-0.2, -0.15) is 0 Å². The van der Waals surface area contributed by atoms with Crippen LogP contribution < -0.4 is 4.90 Å². The number of carbonyl (C=O) groups is 1. The highest BCUT2D eigenvalue weighted by molar-refractivity contribution is 5.88. The van der Waals surface area contributed by atoms with Gasteiger partial charge in [0, 0.05) is 24.9 Å². The summed E-state index contributed by atoms with van der Waals surface area (Å²) in [4.78, 5) is 14.2. The summed E-state index contributed by atoms with van der Waals surface area (Å²) in [5, 5.41) is 0. The van der Waals surface area contributed by atoms with Crippen LogP contribution in [-0.2, 0) is 14.3 Å². The summed E-state index contributed by atoms with van der Waals surface area (Å²) < 4.78 is 10.7. The molecule has 1 saturated heterocycles. The van der Waals surface area contributed by atoms with Crippen LogP contribution in [0.5, 0.6) is 0 Å². The number of carbonyl (C=O) groups excluding carboxylic acids is 1. The summed E-state index contributed by atoms with van der Waals surface area (Å²) in [6.07, 6.45) is 3.34. The Balaban J connectivity index is 2.18. The highest BCUT2D eigenvalue weighted by atomic mass is 16.6. The van der Waals surface area contributed by atoms with Gasteiger partial charge in [0.05, 0.1) is 13.2 Å². The van der Waals surface area contributed by atoms with E-state index in [1.165, 1.54) is 11.6 Å². The van der Waals surface area contributed by atoms with Gasteiger partial charge in [-0.05, 0) is 51.5 Å². The third-order valence-corrected chi connectivity index (χ3v) is 3.34. The summed E-state index contributed by atoms with van der Waals surface area (Å²) in [7, 11) is 0. The van der Waals surface area contributed by atoms with Crippen LogP contribution in [0.3, 0.4) is 0 Å². The first kappa shape index (κ1) is 16.6. The van der Waals surface area contributed by atoms with Gasteiger partial charge >= 0.3 is 5.97 Å². The first-order valence-electron chi connectivity index (χ1n) is 7.69. The van der Waals surface area contributed by atoms with E-state index in [9.17, 15) is 4.79 Å². The van der Waals surface area contributed by atoms with Crippen molar-refractivity contribution in [3.8, 4) is 0 Å². The van der Waals surface area contributed by atoms with Crippen LogP contribution in [0, 0.1) is 6.92 Å². The molecule has 2 rings (SSSR count). The van der Waals surface area contributed by atoms with E-state index in [2.05, 4.69) is 23.1 Å². The first-order chi connectivity index (χ1) is 10.3. The van der Waals surface area contributed by atoms with Crippen molar-refractivity contribution in [1.29, 1.82) is 0 Å². The number of esters is 1. The number of nitrogens with zero attached hydrogens (tertiary/aromatic N) is 1. The van der Waals surface area contributed by atoms with Gasteiger partial charge in [0.15, 0.2) is 0 Å². The Morgan fingerprint density at radius 3 is 2.59 bits per heavy atom. The first-order valence-corrected chi connectivity index (χ1v) is 7.69. The van der Waals surface area contributed by atoms with Crippen LogP contribution in [0.4, 0.5) is 5.69 Å². The molecule has 1 aliphatic rings. The van der Waals surface area contributed by atoms with E-state index in [1.54, 1.807) is 0 Å². The molecule has 120 valence electrons. The molecule has 1 fully saturated rings. The maximum absolute atomic E-state index is 11.9. The van der Waals surface area contributed by atoms with Gasteiger partial charge < -0.3 is 14.4 Å². The van der Waals surface area contributed by atoms with Crippen LogP contribution in [-0.4, -0.2) is 37.9 Å². The molecule has 0 aromatic heterocycles. The number of rotatable bonds is 3. The van der Waals surface area contributed by atoms with E-state index in [1.807, 2.05) is 33.8 Å². The molecule has 1 aromatic carbocycles. The van der Waals surface area contributed by atoms with Crippen molar-refractivity contribution >= 4 is 17.7 Å². The molecule has 0 spiro atoms. The molecule has 1 aliphatic heterocycles. The van der Waals surface area contributed by atoms with Crippen LogP contribution in [0.15, 0.2) is 24.3 Å². The monoisotopic (exact) mass is 303 g/mol. The third-order valence-electron chi connectivity index (χ3n) is 3.34. The number of benzene rings is 1. The van der Waals surface area contributed by atoms with Crippen molar-refractivity contribution in [2.24, 2.45) is 0 Å². The molecular formula is C18H25NO3. The molecule has 22 heavy (non-hydrogen) atoms. The van der Waals surface area contributed by atoms with E-state index in [0.717, 1.165) is 37.6 Å². The Morgan fingerprint density at radius 2 is 1.95 bits per heavy atom. The minimum absolute atomic E-state index is 0.318. The minimum atomic E-state index is -0.471. The maximum Gasteiger partial charge on any atom is 0.331 e. The van der Waals surface area contributed by atoms with Crippen molar-refractivity contribution in [3.05, 3.63) is 35.4 Å². The molecule has 0 atom stereocenters. The summed E-state index contributed by atoms with van der Waals surface area (Å²) in [6.45, 7) is 10.9. The molecule has 4 heteroatoms. The number of morpholine rings is 1. The Morgan fingerprint density at radius 1 is 1.27 bits per heavy atom.